The van der Waals surface area contributed by atoms with E-state index in [1.54, 1.807) is 11.8 Å². The van der Waals surface area contributed by atoms with Crippen LogP contribution in [0, 0.1) is 0 Å². The van der Waals surface area contributed by atoms with Crippen molar-refractivity contribution in [3.05, 3.63) is 30.1 Å². The lowest BCUT2D eigenvalue weighted by molar-refractivity contribution is -0.131. The van der Waals surface area contributed by atoms with Crippen LogP contribution in [0.3, 0.4) is 0 Å². The Kier molecular flexibility index (Phi) is 6.86. The maximum atomic E-state index is 12.1. The maximum absolute atomic E-state index is 12.1. The number of nitrogens with one attached hydrogen (secondary N) is 1. The molecule has 1 rings (SSSR count). The SMILES string of the molecule is CSC(C)CCNS(=O)(=O)c1cncc(/C=C/C(=O)O)c1. The van der Waals surface area contributed by atoms with E-state index in [4.69, 9.17) is 5.11 Å². The van der Waals surface area contributed by atoms with E-state index < -0.39 is 16.0 Å². The molecule has 2 N–H and O–H groups in total. The molecule has 1 unspecified atom stereocenters. The molecule has 8 heteroatoms. The van der Waals surface area contributed by atoms with Gasteiger partial charge in [-0.25, -0.2) is 17.9 Å². The summed E-state index contributed by atoms with van der Waals surface area (Å²) in [5, 5.41) is 8.93. The van der Waals surface area contributed by atoms with Gasteiger partial charge in [0.1, 0.15) is 4.90 Å². The van der Waals surface area contributed by atoms with Crippen molar-refractivity contribution in [3.63, 3.8) is 0 Å². The fourth-order valence-electron chi connectivity index (χ4n) is 1.44. The Balaban J connectivity index is 2.79. The van der Waals surface area contributed by atoms with E-state index in [1.165, 1.54) is 24.5 Å². The van der Waals surface area contributed by atoms with Gasteiger partial charge < -0.3 is 5.11 Å². The van der Waals surface area contributed by atoms with Gasteiger partial charge in [-0.2, -0.15) is 11.8 Å². The quantitative estimate of drug-likeness (QED) is 0.703. The molecule has 0 saturated carbocycles. The molecule has 1 heterocycles. The molecule has 1 aromatic rings. The minimum absolute atomic E-state index is 0.0202. The highest BCUT2D eigenvalue weighted by atomic mass is 32.2. The fraction of sp³-hybridized carbons (Fsp3) is 0.385. The van der Waals surface area contributed by atoms with Crippen LogP contribution in [0.2, 0.25) is 0 Å². The van der Waals surface area contributed by atoms with Gasteiger partial charge in [0.05, 0.1) is 0 Å². The minimum Gasteiger partial charge on any atom is -0.478 e. The molecule has 0 radical (unpaired) electrons. The molecule has 116 valence electrons. The Morgan fingerprint density at radius 1 is 1.52 bits per heavy atom. The molecule has 0 saturated heterocycles. The van der Waals surface area contributed by atoms with E-state index in [2.05, 4.69) is 9.71 Å². The van der Waals surface area contributed by atoms with Gasteiger partial charge >= 0.3 is 5.97 Å². The number of hydrogen-bond donors (Lipinski definition) is 2. The number of carboxylic acids is 1. The van der Waals surface area contributed by atoms with Gasteiger partial charge in [-0.15, -0.1) is 0 Å². The average molecular weight is 330 g/mol. The van der Waals surface area contributed by atoms with Crippen LogP contribution in [-0.4, -0.2) is 42.5 Å². The van der Waals surface area contributed by atoms with E-state index in [1.807, 2.05) is 13.2 Å². The van der Waals surface area contributed by atoms with Crippen molar-refractivity contribution in [1.82, 2.24) is 9.71 Å². The number of sulfonamides is 1. The van der Waals surface area contributed by atoms with Crippen molar-refractivity contribution < 1.29 is 18.3 Å². The van der Waals surface area contributed by atoms with Gasteiger partial charge in [0.2, 0.25) is 10.0 Å². The van der Waals surface area contributed by atoms with Crippen LogP contribution in [0.4, 0.5) is 0 Å². The number of hydrogen-bond acceptors (Lipinski definition) is 5. The molecule has 0 fully saturated rings. The summed E-state index contributed by atoms with van der Waals surface area (Å²) >= 11 is 1.67. The summed E-state index contributed by atoms with van der Waals surface area (Å²) in [5.74, 6) is -1.10. The second kappa shape index (κ2) is 8.16. The van der Waals surface area contributed by atoms with E-state index in [0.717, 1.165) is 12.5 Å². The first-order chi connectivity index (χ1) is 9.85. The van der Waals surface area contributed by atoms with E-state index in [0.29, 0.717) is 17.4 Å². The second-order valence-electron chi connectivity index (χ2n) is 4.36. The van der Waals surface area contributed by atoms with Crippen molar-refractivity contribution in [2.24, 2.45) is 0 Å². The molecule has 0 aromatic carbocycles. The number of pyridine rings is 1. The molecule has 0 aliphatic heterocycles. The summed E-state index contributed by atoms with van der Waals surface area (Å²) < 4.78 is 26.7. The summed E-state index contributed by atoms with van der Waals surface area (Å²) in [4.78, 5) is 14.3. The van der Waals surface area contributed by atoms with Crippen molar-refractivity contribution in [1.29, 1.82) is 0 Å². The van der Waals surface area contributed by atoms with Crippen molar-refractivity contribution in [3.8, 4) is 0 Å². The molecule has 0 aliphatic carbocycles. The zero-order chi connectivity index (χ0) is 15.9. The molecule has 6 nitrogen and oxygen atoms in total. The highest BCUT2D eigenvalue weighted by molar-refractivity contribution is 7.99. The summed E-state index contributed by atoms with van der Waals surface area (Å²) in [6.45, 7) is 2.37. The third-order valence-electron chi connectivity index (χ3n) is 2.71. The summed E-state index contributed by atoms with van der Waals surface area (Å²) in [5.41, 5.74) is 0.415. The van der Waals surface area contributed by atoms with Gasteiger partial charge in [0.15, 0.2) is 0 Å². The molecule has 0 aliphatic rings. The lowest BCUT2D eigenvalue weighted by Gasteiger charge is -2.10. The first-order valence-electron chi connectivity index (χ1n) is 6.23. The van der Waals surface area contributed by atoms with E-state index in [-0.39, 0.29) is 4.90 Å². The standard InChI is InChI=1S/C13H18N2O4S2/c1-10(20-2)5-6-15-21(18,19)12-7-11(8-14-9-12)3-4-13(16)17/h3-4,7-10,15H,5-6H2,1-2H3,(H,16,17)/b4-3+. The molecule has 0 spiro atoms. The van der Waals surface area contributed by atoms with Crippen molar-refractivity contribution in [2.75, 3.05) is 12.8 Å². The Hall–Kier alpha value is -1.38. The Bertz CT molecular complexity index is 614. The smallest absolute Gasteiger partial charge is 0.328 e. The predicted octanol–water partition coefficient (Wildman–Crippen LogP) is 1.60. The fourth-order valence-corrected chi connectivity index (χ4v) is 2.84. The predicted molar refractivity (Wildman–Crippen MR) is 83.7 cm³/mol. The Labute approximate surface area is 128 Å². The summed E-state index contributed by atoms with van der Waals surface area (Å²) in [6.07, 6.45) is 7.56. The van der Waals surface area contributed by atoms with Crippen molar-refractivity contribution >= 4 is 33.8 Å². The average Bonchev–Trinajstić information content (AvgIpc) is 2.45. The van der Waals surface area contributed by atoms with Crippen LogP contribution in [-0.2, 0) is 14.8 Å². The number of rotatable bonds is 8. The number of aliphatic carboxylic acids is 1. The molecule has 1 atom stereocenters. The molecular formula is C13H18N2O4S2. The largest absolute Gasteiger partial charge is 0.478 e. The summed E-state index contributed by atoms with van der Waals surface area (Å²) in [6, 6.07) is 1.38. The number of nitrogens with zero attached hydrogens (tertiary/aromatic N) is 1. The maximum Gasteiger partial charge on any atom is 0.328 e. The second-order valence-corrected chi connectivity index (χ2v) is 7.40. The van der Waals surface area contributed by atoms with Crippen LogP contribution in [0.15, 0.2) is 29.4 Å². The van der Waals surface area contributed by atoms with Gasteiger partial charge in [0, 0.05) is 30.3 Å². The van der Waals surface area contributed by atoms with Gasteiger partial charge in [-0.3, -0.25) is 4.98 Å². The zero-order valence-corrected chi connectivity index (χ0v) is 13.4. The first-order valence-corrected chi connectivity index (χ1v) is 9.01. The molecular weight excluding hydrogens is 312 g/mol. The highest BCUT2D eigenvalue weighted by Crippen LogP contribution is 2.12. The van der Waals surface area contributed by atoms with E-state index >= 15 is 0 Å². The van der Waals surface area contributed by atoms with Gasteiger partial charge in [0.25, 0.3) is 0 Å². The number of thioether (sulfide) groups is 1. The topological polar surface area (TPSA) is 96.4 Å². The Morgan fingerprint density at radius 2 is 2.24 bits per heavy atom. The number of carbonyl (C=O) groups is 1. The van der Waals surface area contributed by atoms with E-state index in [9.17, 15) is 13.2 Å². The molecule has 21 heavy (non-hydrogen) atoms. The molecule has 0 amide bonds. The minimum atomic E-state index is -3.63. The third-order valence-corrected chi connectivity index (χ3v) is 5.18. The van der Waals surface area contributed by atoms with Crippen LogP contribution in [0.1, 0.15) is 18.9 Å². The number of aromatic nitrogens is 1. The van der Waals surface area contributed by atoms with Crippen LogP contribution in [0.25, 0.3) is 6.08 Å². The molecule has 0 bridgehead atoms. The van der Waals surface area contributed by atoms with Crippen LogP contribution in [0.5, 0.6) is 0 Å². The highest BCUT2D eigenvalue weighted by Gasteiger charge is 2.14. The summed E-state index contributed by atoms with van der Waals surface area (Å²) in [7, 11) is -3.63. The zero-order valence-electron chi connectivity index (χ0n) is 11.8. The first kappa shape index (κ1) is 17.7. The third kappa shape index (κ3) is 6.28. The molecule has 1 aromatic heterocycles. The van der Waals surface area contributed by atoms with Crippen molar-refractivity contribution in [2.45, 2.75) is 23.5 Å². The Morgan fingerprint density at radius 3 is 2.86 bits per heavy atom. The number of carboxylic acid groups (broad SMARTS) is 1. The lowest BCUT2D eigenvalue weighted by atomic mass is 10.2. The van der Waals surface area contributed by atoms with Gasteiger partial charge in [-0.05, 0) is 30.4 Å². The van der Waals surface area contributed by atoms with Crippen LogP contribution < -0.4 is 4.72 Å². The normalized spacial score (nSPS) is 13.4. The van der Waals surface area contributed by atoms with Crippen LogP contribution >= 0.6 is 11.8 Å². The monoisotopic (exact) mass is 330 g/mol. The lowest BCUT2D eigenvalue weighted by Crippen LogP contribution is -2.26. The van der Waals surface area contributed by atoms with Gasteiger partial charge in [-0.1, -0.05) is 6.92 Å².